The molecule has 1 heterocycles. The molecule has 0 aliphatic carbocycles. The van der Waals surface area contributed by atoms with E-state index in [9.17, 15) is 0 Å². The molecule has 0 saturated heterocycles. The monoisotopic (exact) mass is 310 g/mol. The second-order valence-electron chi connectivity index (χ2n) is 5.45. The third kappa shape index (κ3) is 5.85. The number of hydrogen-bond donors (Lipinski definition) is 2. The molecule has 0 amide bonds. The summed E-state index contributed by atoms with van der Waals surface area (Å²) in [4.78, 5) is 0. The summed E-state index contributed by atoms with van der Waals surface area (Å²) in [5.41, 5.74) is 6.40. The summed E-state index contributed by atoms with van der Waals surface area (Å²) in [6, 6.07) is 2.14. The predicted molar refractivity (Wildman–Crippen MR) is 92.0 cm³/mol. The topological polar surface area (TPSA) is 50.6 Å². The van der Waals surface area contributed by atoms with E-state index in [1.54, 1.807) is 7.11 Å². The Labute approximate surface area is 132 Å². The van der Waals surface area contributed by atoms with E-state index in [-0.39, 0.29) is 0 Å². The number of rotatable bonds is 7. The molecule has 0 unspecified atom stereocenters. The van der Waals surface area contributed by atoms with Crippen LogP contribution in [0.1, 0.15) is 30.8 Å². The van der Waals surface area contributed by atoms with Gasteiger partial charge in [0.15, 0.2) is 5.11 Å². The van der Waals surface area contributed by atoms with E-state index in [0.29, 0.717) is 24.2 Å². The highest BCUT2D eigenvalue weighted by Crippen LogP contribution is 2.15. The van der Waals surface area contributed by atoms with Crippen LogP contribution >= 0.6 is 12.2 Å². The fraction of sp³-hybridized carbons (Fsp3) is 0.600. The van der Waals surface area contributed by atoms with Gasteiger partial charge in [0.1, 0.15) is 0 Å². The molecular weight excluding hydrogens is 284 g/mol. The van der Waals surface area contributed by atoms with Crippen molar-refractivity contribution in [3.05, 3.63) is 23.0 Å². The molecule has 118 valence electrons. The summed E-state index contributed by atoms with van der Waals surface area (Å²) in [5, 5.41) is 7.68. The van der Waals surface area contributed by atoms with Crippen LogP contribution in [0.25, 0.3) is 0 Å². The van der Waals surface area contributed by atoms with Gasteiger partial charge in [0, 0.05) is 37.2 Å². The first-order valence-corrected chi connectivity index (χ1v) is 7.59. The molecule has 0 aliphatic heterocycles. The van der Waals surface area contributed by atoms with Gasteiger partial charge in [0.05, 0.1) is 12.8 Å². The van der Waals surface area contributed by atoms with Gasteiger partial charge in [-0.15, -0.1) is 0 Å². The molecule has 0 radical (unpaired) electrons. The van der Waals surface area contributed by atoms with Gasteiger partial charge in [-0.1, -0.05) is 13.8 Å². The van der Waals surface area contributed by atoms with Crippen LogP contribution in [0.15, 0.2) is 11.2 Å². The van der Waals surface area contributed by atoms with E-state index in [1.165, 1.54) is 11.4 Å². The molecule has 0 atom stereocenters. The van der Waals surface area contributed by atoms with Crippen LogP contribution in [0, 0.1) is 19.8 Å². The van der Waals surface area contributed by atoms with Crippen molar-refractivity contribution in [3.63, 3.8) is 0 Å². The zero-order valence-electron chi connectivity index (χ0n) is 13.6. The molecule has 0 aliphatic rings. The Morgan fingerprint density at radius 1 is 1.48 bits per heavy atom. The zero-order valence-corrected chi connectivity index (χ0v) is 14.4. The van der Waals surface area contributed by atoms with Crippen LogP contribution in [0.4, 0.5) is 0 Å². The number of ether oxygens (including phenoxy) is 1. The molecule has 1 aromatic rings. The van der Waals surface area contributed by atoms with Gasteiger partial charge < -0.3 is 14.6 Å². The standard InChI is InChI=1S/C15H26N4OS/c1-11(2)10-19-12(3)8-14(13(19)4)9-17-18-15(21)16-6-7-20-5/h8-9,11H,6-7,10H2,1-5H3,(H2,16,18,21)/b17-9-. The number of nitrogens with zero attached hydrogens (tertiary/aromatic N) is 2. The van der Waals surface area contributed by atoms with Crippen LogP contribution in [0.5, 0.6) is 0 Å². The molecule has 0 bridgehead atoms. The summed E-state index contributed by atoms with van der Waals surface area (Å²) in [5.74, 6) is 0.621. The summed E-state index contributed by atoms with van der Waals surface area (Å²) in [6.07, 6.45) is 1.81. The molecule has 6 heteroatoms. The number of aromatic nitrogens is 1. The normalized spacial score (nSPS) is 11.3. The third-order valence-electron chi connectivity index (χ3n) is 3.12. The van der Waals surface area contributed by atoms with Crippen LogP contribution in [-0.2, 0) is 11.3 Å². The molecule has 2 N–H and O–H groups in total. The van der Waals surface area contributed by atoms with E-state index in [4.69, 9.17) is 17.0 Å². The van der Waals surface area contributed by atoms with Crippen molar-refractivity contribution in [3.8, 4) is 0 Å². The molecule has 21 heavy (non-hydrogen) atoms. The quantitative estimate of drug-likeness (QED) is 0.351. The molecular formula is C15H26N4OS. The fourth-order valence-electron chi connectivity index (χ4n) is 2.07. The summed E-state index contributed by atoms with van der Waals surface area (Å²) < 4.78 is 7.26. The minimum absolute atomic E-state index is 0.499. The zero-order chi connectivity index (χ0) is 15.8. The Bertz CT molecular complexity index is 494. The first-order valence-electron chi connectivity index (χ1n) is 7.18. The second-order valence-corrected chi connectivity index (χ2v) is 5.86. The SMILES string of the molecule is COCCNC(=S)N/N=C\c1cc(C)n(CC(C)C)c1C. The molecule has 1 rings (SSSR count). The molecule has 0 aromatic carbocycles. The molecule has 0 saturated carbocycles. The number of hydrazone groups is 1. The second kappa shape index (κ2) is 8.79. The highest BCUT2D eigenvalue weighted by Gasteiger charge is 2.08. The Balaban J connectivity index is 2.58. The van der Waals surface area contributed by atoms with Gasteiger partial charge in [0.25, 0.3) is 0 Å². The number of thiocarbonyl (C=S) groups is 1. The predicted octanol–water partition coefficient (Wildman–Crippen LogP) is 2.21. The van der Waals surface area contributed by atoms with Crippen molar-refractivity contribution < 1.29 is 4.74 Å². The van der Waals surface area contributed by atoms with E-state index in [1.807, 2.05) is 6.21 Å². The van der Waals surface area contributed by atoms with Gasteiger partial charge in [0.2, 0.25) is 0 Å². The molecule has 0 spiro atoms. The fourth-order valence-corrected chi connectivity index (χ4v) is 2.23. The minimum Gasteiger partial charge on any atom is -0.383 e. The van der Waals surface area contributed by atoms with E-state index in [0.717, 1.165) is 12.1 Å². The van der Waals surface area contributed by atoms with Crippen molar-refractivity contribution in [2.24, 2.45) is 11.0 Å². The van der Waals surface area contributed by atoms with Gasteiger partial charge in [-0.3, -0.25) is 5.43 Å². The lowest BCUT2D eigenvalue weighted by molar-refractivity contribution is 0.204. The van der Waals surface area contributed by atoms with Gasteiger partial charge in [-0.05, 0) is 38.0 Å². The van der Waals surface area contributed by atoms with Crippen molar-refractivity contribution in [1.29, 1.82) is 0 Å². The first kappa shape index (κ1) is 17.7. The lowest BCUT2D eigenvalue weighted by Crippen LogP contribution is -2.34. The van der Waals surface area contributed by atoms with E-state index >= 15 is 0 Å². The molecule has 5 nitrogen and oxygen atoms in total. The highest BCUT2D eigenvalue weighted by molar-refractivity contribution is 7.80. The average molecular weight is 310 g/mol. The van der Waals surface area contributed by atoms with E-state index < -0.39 is 0 Å². The lowest BCUT2D eigenvalue weighted by atomic mass is 10.2. The Kier molecular flexibility index (Phi) is 7.39. The van der Waals surface area contributed by atoms with Crippen molar-refractivity contribution in [2.45, 2.75) is 34.2 Å². The van der Waals surface area contributed by atoms with Gasteiger partial charge in [-0.2, -0.15) is 5.10 Å². The Hall–Kier alpha value is -1.40. The van der Waals surface area contributed by atoms with Crippen LogP contribution in [-0.4, -0.2) is 36.2 Å². The largest absolute Gasteiger partial charge is 0.383 e. The Morgan fingerprint density at radius 3 is 2.81 bits per heavy atom. The molecule has 0 fully saturated rings. The maximum Gasteiger partial charge on any atom is 0.187 e. The first-order chi connectivity index (χ1) is 9.95. The van der Waals surface area contributed by atoms with Crippen LogP contribution in [0.3, 0.4) is 0 Å². The van der Waals surface area contributed by atoms with Crippen molar-refractivity contribution in [1.82, 2.24) is 15.3 Å². The minimum atomic E-state index is 0.499. The van der Waals surface area contributed by atoms with Crippen molar-refractivity contribution in [2.75, 3.05) is 20.3 Å². The highest BCUT2D eigenvalue weighted by atomic mass is 32.1. The van der Waals surface area contributed by atoms with Crippen molar-refractivity contribution >= 4 is 23.5 Å². The average Bonchev–Trinajstić information content (AvgIpc) is 2.66. The van der Waals surface area contributed by atoms with Crippen LogP contribution < -0.4 is 10.7 Å². The summed E-state index contributed by atoms with van der Waals surface area (Å²) in [7, 11) is 1.66. The molecule has 1 aromatic heterocycles. The number of methoxy groups -OCH3 is 1. The maximum atomic E-state index is 5.11. The number of hydrogen-bond acceptors (Lipinski definition) is 3. The smallest absolute Gasteiger partial charge is 0.187 e. The third-order valence-corrected chi connectivity index (χ3v) is 3.36. The van der Waals surface area contributed by atoms with E-state index in [2.05, 4.69) is 54.2 Å². The number of nitrogens with one attached hydrogen (secondary N) is 2. The maximum absolute atomic E-state index is 5.11. The van der Waals surface area contributed by atoms with Gasteiger partial charge in [-0.25, -0.2) is 0 Å². The lowest BCUT2D eigenvalue weighted by Gasteiger charge is -2.11. The summed E-state index contributed by atoms with van der Waals surface area (Å²) >= 11 is 5.11. The summed E-state index contributed by atoms with van der Waals surface area (Å²) in [6.45, 7) is 11.0. The van der Waals surface area contributed by atoms with Crippen LogP contribution in [0.2, 0.25) is 0 Å². The Morgan fingerprint density at radius 2 is 2.19 bits per heavy atom. The number of aryl methyl sites for hydroxylation is 1. The van der Waals surface area contributed by atoms with Gasteiger partial charge >= 0.3 is 0 Å².